The van der Waals surface area contributed by atoms with E-state index in [9.17, 15) is 9.90 Å². The van der Waals surface area contributed by atoms with Gasteiger partial charge >= 0.3 is 0 Å². The summed E-state index contributed by atoms with van der Waals surface area (Å²) in [5, 5.41) is 9.41. The molecule has 0 radical (unpaired) electrons. The van der Waals surface area contributed by atoms with Crippen molar-refractivity contribution in [2.45, 2.75) is 51.4 Å². The molecule has 1 N–H and O–H groups in total. The highest BCUT2D eigenvalue weighted by Crippen LogP contribution is 2.42. The van der Waals surface area contributed by atoms with Crippen molar-refractivity contribution in [1.29, 1.82) is 0 Å². The van der Waals surface area contributed by atoms with Crippen LogP contribution in [0.4, 0.5) is 0 Å². The van der Waals surface area contributed by atoms with E-state index in [1.165, 1.54) is 32.1 Å². The number of aliphatic hydroxyl groups excluding tert-OH is 1. The molecule has 0 aliphatic heterocycles. The lowest BCUT2D eigenvalue weighted by atomic mass is 9.68. The van der Waals surface area contributed by atoms with Gasteiger partial charge in [0.05, 0.1) is 12.0 Å². The van der Waals surface area contributed by atoms with Crippen molar-refractivity contribution in [1.82, 2.24) is 4.90 Å². The van der Waals surface area contributed by atoms with E-state index in [1.807, 2.05) is 11.9 Å². The molecule has 0 aromatic heterocycles. The predicted octanol–water partition coefficient (Wildman–Crippen LogP) is 2.19. The van der Waals surface area contributed by atoms with Gasteiger partial charge in [-0.15, -0.1) is 0 Å². The molecule has 1 amide bonds. The molecule has 2 aliphatic rings. The van der Waals surface area contributed by atoms with Gasteiger partial charge in [0.25, 0.3) is 0 Å². The molecule has 0 heterocycles. The van der Waals surface area contributed by atoms with Crippen LogP contribution in [0, 0.1) is 11.3 Å². The fraction of sp³-hybridized carbons (Fsp3) is 0.929. The largest absolute Gasteiger partial charge is 0.395 e. The van der Waals surface area contributed by atoms with Crippen LogP contribution in [0.15, 0.2) is 0 Å². The second-order valence-electron chi connectivity index (χ2n) is 5.98. The molecular weight excluding hydrogens is 214 g/mol. The maximum Gasteiger partial charge on any atom is 0.230 e. The third kappa shape index (κ3) is 2.65. The number of hydrogen-bond donors (Lipinski definition) is 1. The summed E-state index contributed by atoms with van der Waals surface area (Å²) in [6.45, 7) is 0.918. The molecule has 0 saturated heterocycles. The quantitative estimate of drug-likeness (QED) is 0.817. The van der Waals surface area contributed by atoms with Gasteiger partial charge < -0.3 is 10.0 Å². The Kier molecular flexibility index (Phi) is 4.08. The molecule has 98 valence electrons. The summed E-state index contributed by atoms with van der Waals surface area (Å²) in [6, 6.07) is 0. The van der Waals surface area contributed by atoms with E-state index in [2.05, 4.69) is 0 Å². The van der Waals surface area contributed by atoms with E-state index in [0.29, 0.717) is 5.92 Å². The van der Waals surface area contributed by atoms with Crippen LogP contribution in [0.1, 0.15) is 51.4 Å². The average molecular weight is 239 g/mol. The van der Waals surface area contributed by atoms with Crippen molar-refractivity contribution < 1.29 is 9.90 Å². The Morgan fingerprint density at radius 2 is 1.88 bits per heavy atom. The van der Waals surface area contributed by atoms with Crippen molar-refractivity contribution in [3.8, 4) is 0 Å². The summed E-state index contributed by atoms with van der Waals surface area (Å²) in [7, 11) is 1.91. The summed E-state index contributed by atoms with van der Waals surface area (Å²) in [6.07, 6.45) is 9.36. The van der Waals surface area contributed by atoms with E-state index in [-0.39, 0.29) is 12.5 Å². The molecule has 3 nitrogen and oxygen atoms in total. The number of hydrogen-bond acceptors (Lipinski definition) is 2. The number of rotatable bonds is 4. The van der Waals surface area contributed by atoms with Crippen molar-refractivity contribution >= 4 is 5.91 Å². The van der Waals surface area contributed by atoms with Gasteiger partial charge in [-0.05, 0) is 31.6 Å². The Labute approximate surface area is 104 Å². The molecule has 2 fully saturated rings. The maximum absolute atomic E-state index is 12.3. The summed E-state index contributed by atoms with van der Waals surface area (Å²) in [5.74, 6) is 0.866. The van der Waals surface area contributed by atoms with Crippen LogP contribution >= 0.6 is 0 Å². The fourth-order valence-corrected chi connectivity index (χ4v) is 3.29. The van der Waals surface area contributed by atoms with Gasteiger partial charge in [-0.1, -0.05) is 25.7 Å². The first-order valence-electron chi connectivity index (χ1n) is 7.04. The second-order valence-corrected chi connectivity index (χ2v) is 5.98. The first kappa shape index (κ1) is 12.9. The zero-order valence-electron chi connectivity index (χ0n) is 11.0. The number of carbonyl (C=O) groups is 1. The Hall–Kier alpha value is -0.570. The topological polar surface area (TPSA) is 40.5 Å². The summed E-state index contributed by atoms with van der Waals surface area (Å²) in [5.41, 5.74) is -0.413. The van der Waals surface area contributed by atoms with Gasteiger partial charge in [0.2, 0.25) is 5.91 Å². The normalized spacial score (nSPS) is 24.1. The van der Waals surface area contributed by atoms with Crippen LogP contribution in [0.3, 0.4) is 0 Å². The number of amides is 1. The minimum atomic E-state index is -0.413. The van der Waals surface area contributed by atoms with Crippen LogP contribution in [0.25, 0.3) is 0 Å². The molecule has 17 heavy (non-hydrogen) atoms. The molecule has 3 heteroatoms. The molecule has 2 aliphatic carbocycles. The SMILES string of the molecule is CN(CC1CCCCC1)C(=O)C1(CO)CCC1. The maximum atomic E-state index is 12.3. The van der Waals surface area contributed by atoms with Gasteiger partial charge in [-0.2, -0.15) is 0 Å². The molecule has 0 bridgehead atoms. The predicted molar refractivity (Wildman–Crippen MR) is 67.6 cm³/mol. The molecule has 0 unspecified atom stereocenters. The molecule has 0 aromatic carbocycles. The molecular formula is C14H25NO2. The van der Waals surface area contributed by atoms with Crippen LogP contribution in [-0.4, -0.2) is 36.1 Å². The zero-order chi connectivity index (χ0) is 12.3. The lowest BCUT2D eigenvalue weighted by Crippen LogP contribution is -2.49. The van der Waals surface area contributed by atoms with E-state index >= 15 is 0 Å². The second kappa shape index (κ2) is 5.38. The van der Waals surface area contributed by atoms with E-state index in [1.54, 1.807) is 0 Å². The van der Waals surface area contributed by atoms with Crippen molar-refractivity contribution in [2.24, 2.45) is 11.3 Å². The van der Waals surface area contributed by atoms with Crippen molar-refractivity contribution in [3.63, 3.8) is 0 Å². The first-order valence-corrected chi connectivity index (χ1v) is 7.04. The monoisotopic (exact) mass is 239 g/mol. The number of carbonyl (C=O) groups excluding carboxylic acids is 1. The summed E-state index contributed by atoms with van der Waals surface area (Å²) >= 11 is 0. The number of aliphatic hydroxyl groups is 1. The van der Waals surface area contributed by atoms with Gasteiger partial charge in [0.15, 0.2) is 0 Å². The molecule has 0 spiro atoms. The van der Waals surface area contributed by atoms with Gasteiger partial charge in [0.1, 0.15) is 0 Å². The Balaban J connectivity index is 1.86. The first-order chi connectivity index (χ1) is 8.18. The zero-order valence-corrected chi connectivity index (χ0v) is 11.0. The Bertz CT molecular complexity index is 262. The lowest BCUT2D eigenvalue weighted by Gasteiger charge is -2.42. The smallest absolute Gasteiger partial charge is 0.230 e. The van der Waals surface area contributed by atoms with Crippen molar-refractivity contribution in [3.05, 3.63) is 0 Å². The summed E-state index contributed by atoms with van der Waals surface area (Å²) in [4.78, 5) is 14.2. The third-order valence-electron chi connectivity index (χ3n) is 4.67. The van der Waals surface area contributed by atoms with Gasteiger partial charge in [-0.25, -0.2) is 0 Å². The highest BCUT2D eigenvalue weighted by Gasteiger charge is 2.45. The van der Waals surface area contributed by atoms with Crippen LogP contribution < -0.4 is 0 Å². The van der Waals surface area contributed by atoms with Gasteiger partial charge in [-0.3, -0.25) is 4.79 Å². The van der Waals surface area contributed by atoms with Crippen LogP contribution in [0.2, 0.25) is 0 Å². The van der Waals surface area contributed by atoms with E-state index in [0.717, 1.165) is 25.8 Å². The van der Waals surface area contributed by atoms with E-state index in [4.69, 9.17) is 0 Å². The van der Waals surface area contributed by atoms with Crippen LogP contribution in [0.5, 0.6) is 0 Å². The highest BCUT2D eigenvalue weighted by molar-refractivity contribution is 5.83. The fourth-order valence-electron chi connectivity index (χ4n) is 3.29. The minimum Gasteiger partial charge on any atom is -0.395 e. The molecule has 2 saturated carbocycles. The highest BCUT2D eigenvalue weighted by atomic mass is 16.3. The number of nitrogens with zero attached hydrogens (tertiary/aromatic N) is 1. The standard InChI is InChI=1S/C14H25NO2/c1-15(10-12-6-3-2-4-7-12)13(17)14(11-16)8-5-9-14/h12,16H,2-11H2,1H3. The molecule has 0 atom stereocenters. The average Bonchev–Trinajstić information content (AvgIpc) is 2.29. The summed E-state index contributed by atoms with van der Waals surface area (Å²) < 4.78 is 0. The van der Waals surface area contributed by atoms with Crippen molar-refractivity contribution in [2.75, 3.05) is 20.2 Å². The molecule has 0 aromatic rings. The molecule has 2 rings (SSSR count). The van der Waals surface area contributed by atoms with Crippen LogP contribution in [-0.2, 0) is 4.79 Å². The minimum absolute atomic E-state index is 0.0286. The van der Waals surface area contributed by atoms with Gasteiger partial charge in [0, 0.05) is 13.6 Å². The lowest BCUT2D eigenvalue weighted by molar-refractivity contribution is -0.150. The Morgan fingerprint density at radius 3 is 2.35 bits per heavy atom. The van der Waals surface area contributed by atoms with E-state index < -0.39 is 5.41 Å². The third-order valence-corrected chi connectivity index (χ3v) is 4.67. The Morgan fingerprint density at radius 1 is 1.24 bits per heavy atom.